The van der Waals surface area contributed by atoms with Crippen LogP contribution in [-0.2, 0) is 9.47 Å². The third-order valence-electron chi connectivity index (χ3n) is 4.78. The Balaban J connectivity index is 2.42. The Kier molecular flexibility index (Phi) is 4.57. The molecule has 130 valence electrons. The Morgan fingerprint density at radius 2 is 0.818 bits per heavy atom. The largest absolute Gasteiger partial charge is 0.387 e. The predicted octanol–water partition coefficient (Wildman–Crippen LogP) is -4.63. The highest BCUT2D eigenvalue weighted by molar-refractivity contribution is 5.14. The van der Waals surface area contributed by atoms with E-state index in [2.05, 4.69) is 0 Å². The molecule has 2 aliphatic heterocycles. The zero-order valence-electron chi connectivity index (χ0n) is 12.0. The topological polar surface area (TPSA) is 180 Å². The fourth-order valence-electron chi connectivity index (χ4n) is 2.96. The van der Waals surface area contributed by atoms with E-state index < -0.39 is 60.4 Å². The van der Waals surface area contributed by atoms with Crippen molar-refractivity contribution < 1.29 is 50.3 Å². The first-order valence-corrected chi connectivity index (χ1v) is 6.77. The summed E-state index contributed by atoms with van der Waals surface area (Å²) in [5, 5.41) is 78.4. The third-order valence-corrected chi connectivity index (χ3v) is 4.78. The van der Waals surface area contributed by atoms with Crippen molar-refractivity contribution in [2.75, 3.05) is 0 Å². The first kappa shape index (κ1) is 17.9. The summed E-state index contributed by atoms with van der Waals surface area (Å²) in [6.45, 7) is 2.33. The third kappa shape index (κ3) is 2.27. The molecular weight excluding hydrogens is 304 g/mol. The van der Waals surface area contributed by atoms with Crippen LogP contribution in [0.2, 0.25) is 0 Å². The molecule has 8 N–H and O–H groups in total. The van der Waals surface area contributed by atoms with Gasteiger partial charge in [0.1, 0.15) is 47.8 Å². The molecular formula is C12H22O10. The molecule has 10 atom stereocenters. The maximum Gasteiger partial charge on any atom is 0.184 e. The van der Waals surface area contributed by atoms with E-state index in [0.29, 0.717) is 0 Å². The van der Waals surface area contributed by atoms with Crippen molar-refractivity contribution in [2.24, 2.45) is 0 Å². The number of ether oxygens (including phenoxy) is 2. The van der Waals surface area contributed by atoms with Crippen molar-refractivity contribution in [3.63, 3.8) is 0 Å². The molecule has 2 saturated heterocycles. The number of hydrogen-bond donors (Lipinski definition) is 8. The molecule has 10 nitrogen and oxygen atoms in total. The van der Waals surface area contributed by atoms with E-state index >= 15 is 0 Å². The molecule has 0 amide bonds. The highest BCUT2D eigenvalue weighted by Gasteiger charge is 2.66. The molecule has 2 aliphatic rings. The SMILES string of the molecule is C[C@]1([C@@]2(C)OC(O)[C@@H](O)[C@H](O)[C@@H]2O)OC(O)[C@@H](O)[C@H](O)[C@@H]1O. The van der Waals surface area contributed by atoms with Crippen LogP contribution < -0.4 is 0 Å². The van der Waals surface area contributed by atoms with Gasteiger partial charge in [0.25, 0.3) is 0 Å². The second kappa shape index (κ2) is 5.60. The van der Waals surface area contributed by atoms with E-state index in [-0.39, 0.29) is 0 Å². The number of aliphatic hydroxyl groups excluding tert-OH is 8. The number of hydrogen-bond acceptors (Lipinski definition) is 10. The first-order chi connectivity index (χ1) is 9.97. The maximum atomic E-state index is 10.2. The van der Waals surface area contributed by atoms with Gasteiger partial charge in [0.05, 0.1) is 0 Å². The van der Waals surface area contributed by atoms with Crippen LogP contribution >= 0.6 is 0 Å². The Bertz CT molecular complexity index is 383. The van der Waals surface area contributed by atoms with Crippen molar-refractivity contribution >= 4 is 0 Å². The molecule has 0 aromatic heterocycles. The Hall–Kier alpha value is -0.400. The van der Waals surface area contributed by atoms with Crippen molar-refractivity contribution in [2.45, 2.75) is 74.3 Å². The summed E-state index contributed by atoms with van der Waals surface area (Å²) in [6.07, 6.45) is -14.7. The lowest BCUT2D eigenvalue weighted by Gasteiger charge is -2.58. The lowest BCUT2D eigenvalue weighted by atomic mass is 9.70. The smallest absolute Gasteiger partial charge is 0.184 e. The summed E-state index contributed by atoms with van der Waals surface area (Å²) >= 11 is 0. The van der Waals surface area contributed by atoms with Gasteiger partial charge in [-0.1, -0.05) is 0 Å². The quantitative estimate of drug-likeness (QED) is 0.233. The summed E-state index contributed by atoms with van der Waals surface area (Å²) in [7, 11) is 0. The molecule has 10 heteroatoms. The minimum atomic E-state index is -2.02. The second-order valence-electron chi connectivity index (χ2n) is 6.08. The number of rotatable bonds is 1. The van der Waals surface area contributed by atoms with Crippen LogP contribution in [0.15, 0.2) is 0 Å². The summed E-state index contributed by atoms with van der Waals surface area (Å²) in [5.41, 5.74) is -4.04. The summed E-state index contributed by atoms with van der Waals surface area (Å²) < 4.78 is 10.2. The van der Waals surface area contributed by atoms with Crippen LogP contribution in [0.5, 0.6) is 0 Å². The normalized spacial score (nSPS) is 60.3. The summed E-state index contributed by atoms with van der Waals surface area (Å²) in [5.74, 6) is 0. The van der Waals surface area contributed by atoms with Gasteiger partial charge in [0, 0.05) is 0 Å². The standard InChI is InChI=1S/C12H22O10/c1-11(7(17)3(13)5(15)9(19)21-11)12(2)8(18)4(14)6(16)10(20)22-12/h3-10,13-20H,1-2H3/t3-,4-,5-,6-,7-,8-,9?,10?,11-,12-/m0/s1. The molecule has 2 heterocycles. The van der Waals surface area contributed by atoms with Gasteiger partial charge in [-0.25, -0.2) is 0 Å². The lowest BCUT2D eigenvalue weighted by Crippen LogP contribution is -2.78. The van der Waals surface area contributed by atoms with Gasteiger partial charge in [-0.05, 0) is 13.8 Å². The van der Waals surface area contributed by atoms with E-state index in [1.165, 1.54) is 0 Å². The Labute approximate surface area is 125 Å². The van der Waals surface area contributed by atoms with Crippen molar-refractivity contribution in [1.82, 2.24) is 0 Å². The lowest BCUT2D eigenvalue weighted by molar-refractivity contribution is -0.408. The molecule has 0 radical (unpaired) electrons. The maximum absolute atomic E-state index is 10.2. The molecule has 2 fully saturated rings. The van der Waals surface area contributed by atoms with E-state index in [0.717, 1.165) is 13.8 Å². The zero-order chi connectivity index (χ0) is 17.0. The Morgan fingerprint density at radius 3 is 1.09 bits per heavy atom. The van der Waals surface area contributed by atoms with Gasteiger partial charge < -0.3 is 50.3 Å². The van der Waals surface area contributed by atoms with Gasteiger partial charge in [-0.3, -0.25) is 0 Å². The first-order valence-electron chi connectivity index (χ1n) is 6.77. The van der Waals surface area contributed by atoms with Gasteiger partial charge >= 0.3 is 0 Å². The van der Waals surface area contributed by atoms with Gasteiger partial charge in [-0.15, -0.1) is 0 Å². The Morgan fingerprint density at radius 1 is 0.545 bits per heavy atom. The van der Waals surface area contributed by atoms with Crippen LogP contribution in [0.1, 0.15) is 13.8 Å². The number of aliphatic hydroxyl groups is 8. The molecule has 0 saturated carbocycles. The predicted molar refractivity (Wildman–Crippen MR) is 67.0 cm³/mol. The molecule has 0 aromatic carbocycles. The van der Waals surface area contributed by atoms with Crippen LogP contribution in [0, 0.1) is 0 Å². The fourth-order valence-corrected chi connectivity index (χ4v) is 2.96. The van der Waals surface area contributed by atoms with Crippen molar-refractivity contribution in [3.05, 3.63) is 0 Å². The molecule has 0 bridgehead atoms. The average molecular weight is 326 g/mol. The van der Waals surface area contributed by atoms with Crippen LogP contribution in [-0.4, -0.2) is 101 Å². The average Bonchev–Trinajstić information content (AvgIpc) is 2.46. The van der Waals surface area contributed by atoms with E-state index in [9.17, 15) is 40.9 Å². The fraction of sp³-hybridized carbons (Fsp3) is 1.00. The molecule has 22 heavy (non-hydrogen) atoms. The van der Waals surface area contributed by atoms with Crippen molar-refractivity contribution in [1.29, 1.82) is 0 Å². The molecule has 2 unspecified atom stereocenters. The zero-order valence-corrected chi connectivity index (χ0v) is 12.0. The minimum Gasteiger partial charge on any atom is -0.387 e. The molecule has 0 aromatic rings. The monoisotopic (exact) mass is 326 g/mol. The van der Waals surface area contributed by atoms with Gasteiger partial charge in [0.15, 0.2) is 12.6 Å². The van der Waals surface area contributed by atoms with Crippen LogP contribution in [0.4, 0.5) is 0 Å². The summed E-state index contributed by atoms with van der Waals surface area (Å²) in [4.78, 5) is 0. The van der Waals surface area contributed by atoms with E-state index in [1.807, 2.05) is 0 Å². The van der Waals surface area contributed by atoms with E-state index in [4.69, 9.17) is 9.47 Å². The van der Waals surface area contributed by atoms with Crippen molar-refractivity contribution in [3.8, 4) is 0 Å². The molecule has 0 spiro atoms. The van der Waals surface area contributed by atoms with Crippen LogP contribution in [0.3, 0.4) is 0 Å². The second-order valence-corrected chi connectivity index (χ2v) is 6.08. The minimum absolute atomic E-state index is 1.16. The summed E-state index contributed by atoms with van der Waals surface area (Å²) in [6, 6.07) is 0. The van der Waals surface area contributed by atoms with Gasteiger partial charge in [0.2, 0.25) is 0 Å². The molecule has 0 aliphatic carbocycles. The van der Waals surface area contributed by atoms with Crippen LogP contribution in [0.25, 0.3) is 0 Å². The van der Waals surface area contributed by atoms with Gasteiger partial charge in [-0.2, -0.15) is 0 Å². The molecule has 2 rings (SSSR count). The highest BCUT2D eigenvalue weighted by atomic mass is 16.7. The highest BCUT2D eigenvalue weighted by Crippen LogP contribution is 2.45. The van der Waals surface area contributed by atoms with E-state index in [1.54, 1.807) is 0 Å².